The van der Waals surface area contributed by atoms with Gasteiger partial charge in [0.2, 0.25) is 5.78 Å². The van der Waals surface area contributed by atoms with Crippen molar-refractivity contribution < 1.29 is 14.3 Å². The lowest BCUT2D eigenvalue weighted by Gasteiger charge is -2.14. The molecular formula is C9H10O3. The number of ether oxygens (including phenoxy) is 1. The summed E-state index contributed by atoms with van der Waals surface area (Å²) >= 11 is 0. The quantitative estimate of drug-likeness (QED) is 0.546. The number of carbonyl (C=O) groups excluding carboxylic acids is 2. The number of esters is 1. The molecule has 0 fully saturated rings. The molecule has 64 valence electrons. The number of hydrogen-bond acceptors (Lipinski definition) is 3. The minimum atomic E-state index is -0.715. The van der Waals surface area contributed by atoms with Gasteiger partial charge in [0.25, 0.3) is 0 Å². The largest absolute Gasteiger partial charge is 0.450 e. The molecule has 0 N–H and O–H groups in total. The van der Waals surface area contributed by atoms with Gasteiger partial charge in [0.05, 0.1) is 0 Å². The molecule has 0 aromatic carbocycles. The van der Waals surface area contributed by atoms with Crippen LogP contribution in [-0.2, 0) is 14.3 Å². The molecule has 3 heteroatoms. The van der Waals surface area contributed by atoms with Gasteiger partial charge in [0, 0.05) is 6.92 Å². The zero-order valence-electron chi connectivity index (χ0n) is 7.03. The van der Waals surface area contributed by atoms with Gasteiger partial charge in [0.15, 0.2) is 6.10 Å². The van der Waals surface area contributed by atoms with Gasteiger partial charge in [-0.1, -0.05) is 12.2 Å². The molecule has 0 spiro atoms. The lowest BCUT2D eigenvalue weighted by atomic mass is 10.0. The first-order valence-corrected chi connectivity index (χ1v) is 3.68. The van der Waals surface area contributed by atoms with E-state index in [2.05, 4.69) is 0 Å². The molecule has 0 saturated carbocycles. The van der Waals surface area contributed by atoms with E-state index in [0.29, 0.717) is 5.57 Å². The summed E-state index contributed by atoms with van der Waals surface area (Å²) in [7, 11) is 0. The molecule has 0 amide bonds. The standard InChI is InChI=1S/C9H10O3/c1-6-4-3-5-8(9(6)11)12-7(2)10/h3-5,8H,1-2H3. The normalized spacial score (nSPS) is 22.0. The first-order chi connectivity index (χ1) is 5.61. The van der Waals surface area contributed by atoms with E-state index in [9.17, 15) is 9.59 Å². The van der Waals surface area contributed by atoms with E-state index in [4.69, 9.17) is 4.74 Å². The third kappa shape index (κ3) is 1.81. The maximum absolute atomic E-state index is 11.3. The highest BCUT2D eigenvalue weighted by molar-refractivity contribution is 6.01. The van der Waals surface area contributed by atoms with Crippen LogP contribution in [0.3, 0.4) is 0 Å². The second kappa shape index (κ2) is 3.34. The Morgan fingerprint density at radius 1 is 1.58 bits per heavy atom. The van der Waals surface area contributed by atoms with E-state index in [1.807, 2.05) is 0 Å². The van der Waals surface area contributed by atoms with Crippen LogP contribution in [0.15, 0.2) is 23.8 Å². The molecule has 1 rings (SSSR count). The molecular weight excluding hydrogens is 156 g/mol. The molecule has 0 bridgehead atoms. The molecule has 1 atom stereocenters. The number of carbonyl (C=O) groups is 2. The Kier molecular flexibility index (Phi) is 2.43. The minimum absolute atomic E-state index is 0.146. The molecule has 1 aliphatic carbocycles. The third-order valence-electron chi connectivity index (χ3n) is 1.57. The fourth-order valence-electron chi connectivity index (χ4n) is 0.966. The van der Waals surface area contributed by atoms with Crippen LogP contribution < -0.4 is 0 Å². The van der Waals surface area contributed by atoms with Crippen LogP contribution in [0.5, 0.6) is 0 Å². The summed E-state index contributed by atoms with van der Waals surface area (Å²) in [4.78, 5) is 21.8. The van der Waals surface area contributed by atoms with E-state index in [-0.39, 0.29) is 5.78 Å². The van der Waals surface area contributed by atoms with E-state index < -0.39 is 12.1 Å². The lowest BCUT2D eigenvalue weighted by Crippen LogP contribution is -2.26. The molecule has 0 saturated heterocycles. The van der Waals surface area contributed by atoms with Crippen molar-refractivity contribution in [1.29, 1.82) is 0 Å². The molecule has 0 heterocycles. The topological polar surface area (TPSA) is 43.4 Å². The van der Waals surface area contributed by atoms with Gasteiger partial charge in [0.1, 0.15) is 0 Å². The first kappa shape index (κ1) is 8.71. The van der Waals surface area contributed by atoms with Crippen molar-refractivity contribution in [3.05, 3.63) is 23.8 Å². The number of hydrogen-bond donors (Lipinski definition) is 0. The van der Waals surface area contributed by atoms with Gasteiger partial charge >= 0.3 is 5.97 Å². The van der Waals surface area contributed by atoms with Crippen molar-refractivity contribution in [2.45, 2.75) is 20.0 Å². The monoisotopic (exact) mass is 166 g/mol. The molecule has 0 aromatic rings. The van der Waals surface area contributed by atoms with Crippen LogP contribution in [0.4, 0.5) is 0 Å². The maximum Gasteiger partial charge on any atom is 0.303 e. The van der Waals surface area contributed by atoms with Gasteiger partial charge in [-0.3, -0.25) is 9.59 Å². The van der Waals surface area contributed by atoms with Gasteiger partial charge in [-0.05, 0) is 18.6 Å². The molecule has 0 radical (unpaired) electrons. The number of rotatable bonds is 1. The molecule has 3 nitrogen and oxygen atoms in total. The number of Topliss-reactive ketones (excluding diaryl/α,β-unsaturated/α-hetero) is 1. The van der Waals surface area contributed by atoms with Crippen LogP contribution >= 0.6 is 0 Å². The lowest BCUT2D eigenvalue weighted by molar-refractivity contribution is -0.149. The van der Waals surface area contributed by atoms with Crippen molar-refractivity contribution in [3.8, 4) is 0 Å². The van der Waals surface area contributed by atoms with Gasteiger partial charge in [-0.25, -0.2) is 0 Å². The maximum atomic E-state index is 11.3. The predicted molar refractivity (Wildman–Crippen MR) is 43.5 cm³/mol. The number of ketones is 1. The summed E-state index contributed by atoms with van der Waals surface area (Å²) in [5.74, 6) is -0.583. The van der Waals surface area contributed by atoms with Crippen molar-refractivity contribution >= 4 is 11.8 Å². The summed E-state index contributed by atoms with van der Waals surface area (Å²) in [6, 6.07) is 0. The molecule has 12 heavy (non-hydrogen) atoms. The zero-order valence-corrected chi connectivity index (χ0v) is 7.03. The summed E-state index contributed by atoms with van der Waals surface area (Å²) < 4.78 is 4.76. The van der Waals surface area contributed by atoms with Crippen LogP contribution in [0.2, 0.25) is 0 Å². The van der Waals surface area contributed by atoms with Gasteiger partial charge in [-0.15, -0.1) is 0 Å². The van der Waals surface area contributed by atoms with E-state index in [1.165, 1.54) is 6.92 Å². The Balaban J connectivity index is 2.70. The van der Waals surface area contributed by atoms with E-state index in [1.54, 1.807) is 25.2 Å². The van der Waals surface area contributed by atoms with Gasteiger partial charge < -0.3 is 4.74 Å². The van der Waals surface area contributed by atoms with Crippen LogP contribution in [0.1, 0.15) is 13.8 Å². The van der Waals surface area contributed by atoms with Crippen molar-refractivity contribution in [1.82, 2.24) is 0 Å². The smallest absolute Gasteiger partial charge is 0.303 e. The average Bonchev–Trinajstić information content (AvgIpc) is 1.98. The highest BCUT2D eigenvalue weighted by atomic mass is 16.5. The van der Waals surface area contributed by atoms with Crippen molar-refractivity contribution in [3.63, 3.8) is 0 Å². The SMILES string of the molecule is CC(=O)OC1C=CC=C(C)C1=O. The average molecular weight is 166 g/mol. The summed E-state index contributed by atoms with van der Waals surface area (Å²) in [5, 5.41) is 0. The first-order valence-electron chi connectivity index (χ1n) is 3.68. The van der Waals surface area contributed by atoms with E-state index >= 15 is 0 Å². The molecule has 1 unspecified atom stereocenters. The zero-order chi connectivity index (χ0) is 9.14. The highest BCUT2D eigenvalue weighted by Gasteiger charge is 2.21. The van der Waals surface area contributed by atoms with Gasteiger partial charge in [-0.2, -0.15) is 0 Å². The van der Waals surface area contributed by atoms with Crippen molar-refractivity contribution in [2.75, 3.05) is 0 Å². The second-order valence-electron chi connectivity index (χ2n) is 2.63. The highest BCUT2D eigenvalue weighted by Crippen LogP contribution is 2.10. The predicted octanol–water partition coefficient (Wildman–Crippen LogP) is 1.00. The fourth-order valence-corrected chi connectivity index (χ4v) is 0.966. The number of allylic oxidation sites excluding steroid dienone is 2. The third-order valence-corrected chi connectivity index (χ3v) is 1.57. The Morgan fingerprint density at radius 3 is 2.83 bits per heavy atom. The second-order valence-corrected chi connectivity index (χ2v) is 2.63. The Labute approximate surface area is 70.7 Å². The van der Waals surface area contributed by atoms with Crippen LogP contribution in [-0.4, -0.2) is 17.9 Å². The summed E-state index contributed by atoms with van der Waals surface area (Å²) in [5.41, 5.74) is 0.615. The van der Waals surface area contributed by atoms with Crippen molar-refractivity contribution in [2.24, 2.45) is 0 Å². The van der Waals surface area contributed by atoms with Crippen LogP contribution in [0.25, 0.3) is 0 Å². The minimum Gasteiger partial charge on any atom is -0.450 e. The molecule has 1 aliphatic rings. The van der Waals surface area contributed by atoms with Crippen LogP contribution in [0, 0.1) is 0 Å². The Morgan fingerprint density at radius 2 is 2.25 bits per heavy atom. The fraction of sp³-hybridized carbons (Fsp3) is 0.333. The Bertz CT molecular complexity index is 273. The molecule has 0 aromatic heterocycles. The van der Waals surface area contributed by atoms with E-state index in [0.717, 1.165) is 0 Å². The summed E-state index contributed by atoms with van der Waals surface area (Å²) in [6.07, 6.45) is 4.26. The summed E-state index contributed by atoms with van der Waals surface area (Å²) in [6.45, 7) is 2.98. The molecule has 0 aliphatic heterocycles. The Hall–Kier alpha value is -1.38.